The van der Waals surface area contributed by atoms with Gasteiger partial charge in [-0.2, -0.15) is 4.31 Å². The van der Waals surface area contributed by atoms with Crippen molar-refractivity contribution in [1.29, 1.82) is 0 Å². The van der Waals surface area contributed by atoms with Gasteiger partial charge in [-0.3, -0.25) is 9.59 Å². The minimum atomic E-state index is -4.99. The molecule has 1 saturated carbocycles. The first kappa shape index (κ1) is 32.9. The van der Waals surface area contributed by atoms with Gasteiger partial charge in [0.25, 0.3) is 5.91 Å². The summed E-state index contributed by atoms with van der Waals surface area (Å²) in [6.07, 6.45) is -2.60. The first-order valence-electron chi connectivity index (χ1n) is 14.6. The molecule has 0 spiro atoms. The van der Waals surface area contributed by atoms with E-state index in [9.17, 15) is 41.1 Å². The van der Waals surface area contributed by atoms with Gasteiger partial charge in [-0.05, 0) is 80.5 Å². The summed E-state index contributed by atoms with van der Waals surface area (Å²) < 4.78 is 70.9. The van der Waals surface area contributed by atoms with Crippen LogP contribution in [0.5, 0.6) is 5.75 Å². The number of nitrogens with one attached hydrogen (secondary N) is 2. The number of anilines is 1. The fourth-order valence-corrected chi connectivity index (χ4v) is 7.99. The Morgan fingerprint density at radius 1 is 0.957 bits per heavy atom. The zero-order valence-electron chi connectivity index (χ0n) is 24.7. The molecular formula is C32H32F3N3O7S. The normalized spacial score (nSPS) is 20.5. The molecule has 244 valence electrons. The van der Waals surface area contributed by atoms with Crippen LogP contribution in [0.3, 0.4) is 0 Å². The van der Waals surface area contributed by atoms with E-state index in [4.69, 9.17) is 0 Å². The molecule has 3 aromatic rings. The zero-order valence-corrected chi connectivity index (χ0v) is 25.5. The van der Waals surface area contributed by atoms with E-state index in [1.54, 1.807) is 12.1 Å². The summed E-state index contributed by atoms with van der Waals surface area (Å²) in [5.74, 6) is -3.77. The highest BCUT2D eigenvalue weighted by atomic mass is 32.2. The maximum Gasteiger partial charge on any atom is 0.573 e. The van der Waals surface area contributed by atoms with Gasteiger partial charge < -0.3 is 20.5 Å². The lowest BCUT2D eigenvalue weighted by Gasteiger charge is -2.49. The number of aryl methyl sites for hydroxylation is 1. The number of ether oxygens (including phenoxy) is 1. The van der Waals surface area contributed by atoms with Crippen LogP contribution in [-0.2, 0) is 26.0 Å². The maximum atomic E-state index is 13.7. The fourth-order valence-electron chi connectivity index (χ4n) is 6.10. The number of carboxylic acid groups (broad SMARTS) is 1. The van der Waals surface area contributed by atoms with Crippen LogP contribution in [0.2, 0.25) is 0 Å². The van der Waals surface area contributed by atoms with Crippen LogP contribution in [0.1, 0.15) is 47.2 Å². The first-order valence-corrected chi connectivity index (χ1v) is 16.1. The molecule has 10 nitrogen and oxygen atoms in total. The van der Waals surface area contributed by atoms with E-state index >= 15 is 0 Å². The van der Waals surface area contributed by atoms with E-state index in [0.717, 1.165) is 11.6 Å². The van der Waals surface area contributed by atoms with Crippen molar-refractivity contribution in [3.8, 4) is 5.75 Å². The molecule has 14 heteroatoms. The summed E-state index contributed by atoms with van der Waals surface area (Å²) >= 11 is 0. The highest BCUT2D eigenvalue weighted by molar-refractivity contribution is 7.89. The third-order valence-corrected chi connectivity index (χ3v) is 10.3. The Morgan fingerprint density at radius 2 is 1.59 bits per heavy atom. The van der Waals surface area contributed by atoms with Crippen molar-refractivity contribution < 1.29 is 45.8 Å². The van der Waals surface area contributed by atoms with Crippen LogP contribution >= 0.6 is 0 Å². The Kier molecular flexibility index (Phi) is 9.40. The average Bonchev–Trinajstić information content (AvgIpc) is 3.01. The summed E-state index contributed by atoms with van der Waals surface area (Å²) in [5, 5.41) is 15.0. The van der Waals surface area contributed by atoms with E-state index in [2.05, 4.69) is 15.4 Å². The zero-order chi connectivity index (χ0) is 33.2. The number of fused-ring (bicyclic) bond motifs is 3. The van der Waals surface area contributed by atoms with Gasteiger partial charge in [0.05, 0.1) is 10.5 Å². The Labute approximate surface area is 263 Å². The molecule has 2 saturated heterocycles. The maximum absolute atomic E-state index is 13.7. The van der Waals surface area contributed by atoms with Crippen LogP contribution in [0.25, 0.3) is 0 Å². The van der Waals surface area contributed by atoms with Crippen LogP contribution in [0.4, 0.5) is 18.9 Å². The molecule has 0 aromatic heterocycles. The molecule has 2 aliphatic heterocycles. The standard InChI is InChI=1S/C32H32F3N3O7S/c1-19-6-16-24(17-7-19)46(43,44)38-23-14-10-21(11-15-23)28(38)30(40)37-26(31(41)42)18-20-8-12-22(13-9-20)36-29(39)25-4-2-3-5-27(25)45-32(33,34)35/h2-9,12-13,16-17,21,23,26,28H,10-11,14-15,18H2,1H3,(H,36,39)(H,37,40)(H,41,42). The van der Waals surface area contributed by atoms with Gasteiger partial charge in [0, 0.05) is 18.2 Å². The second-order valence-corrected chi connectivity index (χ2v) is 13.3. The Balaban J connectivity index is 1.28. The average molecular weight is 660 g/mol. The molecule has 2 amide bonds. The lowest BCUT2D eigenvalue weighted by atomic mass is 9.76. The number of para-hydroxylation sites is 1. The molecule has 0 radical (unpaired) electrons. The van der Waals surface area contributed by atoms with Crippen molar-refractivity contribution in [1.82, 2.24) is 9.62 Å². The molecule has 3 aliphatic rings. The van der Waals surface area contributed by atoms with Crippen molar-refractivity contribution in [2.75, 3.05) is 5.32 Å². The number of hydrogen-bond acceptors (Lipinski definition) is 6. The molecule has 2 unspecified atom stereocenters. The summed E-state index contributed by atoms with van der Waals surface area (Å²) in [4.78, 5) is 38.6. The number of sulfonamides is 1. The Morgan fingerprint density at radius 3 is 2.20 bits per heavy atom. The van der Waals surface area contributed by atoms with Crippen LogP contribution in [-0.4, -0.2) is 60.1 Å². The van der Waals surface area contributed by atoms with Gasteiger partial charge in [-0.15, -0.1) is 13.2 Å². The Bertz CT molecular complexity index is 1710. The first-order chi connectivity index (χ1) is 21.7. The minimum absolute atomic E-state index is 0.0711. The molecule has 1 aliphatic carbocycles. The number of amides is 2. The number of alkyl halides is 3. The summed E-state index contributed by atoms with van der Waals surface area (Å²) in [6, 6.07) is 14.3. The van der Waals surface area contributed by atoms with Gasteiger partial charge in [-0.25, -0.2) is 13.2 Å². The van der Waals surface area contributed by atoms with Crippen molar-refractivity contribution >= 4 is 33.5 Å². The number of aliphatic carboxylic acids is 1. The van der Waals surface area contributed by atoms with Crippen molar-refractivity contribution in [3.63, 3.8) is 0 Å². The predicted octanol–water partition coefficient (Wildman–Crippen LogP) is 4.89. The van der Waals surface area contributed by atoms with Crippen molar-refractivity contribution in [2.45, 2.75) is 68.4 Å². The van der Waals surface area contributed by atoms with E-state index < -0.39 is 52.0 Å². The van der Waals surface area contributed by atoms with Crippen molar-refractivity contribution in [3.05, 3.63) is 89.5 Å². The number of rotatable bonds is 10. The summed E-state index contributed by atoms with van der Waals surface area (Å²) in [6.45, 7) is 1.84. The monoisotopic (exact) mass is 659 g/mol. The lowest BCUT2D eigenvalue weighted by Crippen LogP contribution is -2.63. The number of piperidine rings is 2. The van der Waals surface area contributed by atoms with Crippen molar-refractivity contribution in [2.24, 2.45) is 5.92 Å². The quantitative estimate of drug-likeness (QED) is 0.281. The molecule has 3 fully saturated rings. The fraction of sp³-hybridized carbons (Fsp3) is 0.344. The van der Waals surface area contributed by atoms with Gasteiger partial charge >= 0.3 is 12.3 Å². The van der Waals surface area contributed by atoms with Gasteiger partial charge in [0.1, 0.15) is 17.8 Å². The van der Waals surface area contributed by atoms with Gasteiger partial charge in [0.2, 0.25) is 15.9 Å². The highest BCUT2D eigenvalue weighted by Crippen LogP contribution is 2.43. The molecule has 2 bridgehead atoms. The second kappa shape index (κ2) is 13.1. The van der Waals surface area contributed by atoms with E-state index in [1.165, 1.54) is 58.9 Å². The number of carbonyl (C=O) groups is 3. The molecular weight excluding hydrogens is 627 g/mol. The lowest BCUT2D eigenvalue weighted by molar-refractivity contribution is -0.274. The second-order valence-electron chi connectivity index (χ2n) is 11.5. The molecule has 6 rings (SSSR count). The summed E-state index contributed by atoms with van der Waals surface area (Å²) in [5.41, 5.74) is 1.24. The van der Waals surface area contributed by atoms with Gasteiger partial charge in [-0.1, -0.05) is 42.0 Å². The van der Waals surface area contributed by atoms with Crippen LogP contribution < -0.4 is 15.4 Å². The molecule has 3 N–H and O–H groups in total. The van der Waals surface area contributed by atoms with E-state index in [-0.39, 0.29) is 34.5 Å². The third kappa shape index (κ3) is 7.34. The van der Waals surface area contributed by atoms with Gasteiger partial charge in [0.15, 0.2) is 0 Å². The molecule has 2 heterocycles. The molecule has 2 atom stereocenters. The largest absolute Gasteiger partial charge is 0.573 e. The third-order valence-electron chi connectivity index (χ3n) is 8.31. The number of hydrogen-bond donors (Lipinski definition) is 3. The predicted molar refractivity (Wildman–Crippen MR) is 161 cm³/mol. The molecule has 46 heavy (non-hydrogen) atoms. The highest BCUT2D eigenvalue weighted by Gasteiger charge is 2.51. The molecule has 3 aromatic carbocycles. The topological polar surface area (TPSA) is 142 Å². The number of halogens is 3. The van der Waals surface area contributed by atoms with E-state index in [1.807, 2.05) is 6.92 Å². The smallest absolute Gasteiger partial charge is 0.480 e. The number of carboxylic acids is 1. The minimum Gasteiger partial charge on any atom is -0.480 e. The number of nitrogens with zero attached hydrogens (tertiary/aromatic N) is 1. The Hall–Kier alpha value is -4.43. The van der Waals surface area contributed by atoms with E-state index in [0.29, 0.717) is 31.2 Å². The number of benzene rings is 3. The van der Waals surface area contributed by atoms with Crippen LogP contribution in [0, 0.1) is 12.8 Å². The van der Waals surface area contributed by atoms with Crippen LogP contribution in [0.15, 0.2) is 77.7 Å². The number of carbonyl (C=O) groups excluding carboxylic acids is 2. The summed E-state index contributed by atoms with van der Waals surface area (Å²) in [7, 11) is -4.04. The SMILES string of the molecule is Cc1ccc(S(=O)(=O)N2C3CCC(CC3)C2C(=O)NC(Cc2ccc(NC(=O)c3ccccc3OC(F)(F)F)cc2)C(=O)O)cc1.